The van der Waals surface area contributed by atoms with Gasteiger partial charge in [-0.2, -0.15) is 0 Å². The molecule has 0 saturated carbocycles. The van der Waals surface area contributed by atoms with Gasteiger partial charge < -0.3 is 10.6 Å². The van der Waals surface area contributed by atoms with Crippen LogP contribution in [0.2, 0.25) is 0 Å². The van der Waals surface area contributed by atoms with Crippen molar-refractivity contribution in [3.05, 3.63) is 64.1 Å². The fraction of sp³-hybridized carbons (Fsp3) is 0.263. The van der Waals surface area contributed by atoms with Gasteiger partial charge in [0.1, 0.15) is 6.04 Å². The summed E-state index contributed by atoms with van der Waals surface area (Å²) in [5.74, 6) is -0.520. The van der Waals surface area contributed by atoms with Crippen molar-refractivity contribution < 1.29 is 9.59 Å². The van der Waals surface area contributed by atoms with Crippen LogP contribution in [0, 0.1) is 12.8 Å². The Hall–Kier alpha value is -2.14. The number of nitrogens with one attached hydrogen (secondary N) is 2. The molecule has 0 bridgehead atoms. The fourth-order valence-electron chi connectivity index (χ4n) is 2.25. The Balaban J connectivity index is 2.09. The van der Waals surface area contributed by atoms with Gasteiger partial charge in [0.15, 0.2) is 0 Å². The van der Waals surface area contributed by atoms with E-state index in [-0.39, 0.29) is 17.7 Å². The lowest BCUT2D eigenvalue weighted by Crippen LogP contribution is -2.47. The highest BCUT2D eigenvalue weighted by molar-refractivity contribution is 9.10. The Morgan fingerprint density at radius 1 is 1.04 bits per heavy atom. The maximum Gasteiger partial charge on any atom is 0.251 e. The van der Waals surface area contributed by atoms with E-state index in [0.717, 1.165) is 10.0 Å². The molecule has 0 aromatic heterocycles. The summed E-state index contributed by atoms with van der Waals surface area (Å²) in [6.07, 6.45) is 0. The number of anilines is 1. The number of halogens is 1. The molecule has 24 heavy (non-hydrogen) atoms. The first-order valence-electron chi connectivity index (χ1n) is 7.81. The molecule has 0 aliphatic carbocycles. The maximum atomic E-state index is 12.5. The minimum atomic E-state index is -0.613. The number of amides is 2. The molecule has 4 nitrogen and oxygen atoms in total. The first kappa shape index (κ1) is 18.2. The molecule has 2 amide bonds. The molecule has 2 aromatic carbocycles. The lowest BCUT2D eigenvalue weighted by Gasteiger charge is -2.22. The molecular weight excluding hydrogens is 368 g/mol. The summed E-state index contributed by atoms with van der Waals surface area (Å²) < 4.78 is 0.880. The summed E-state index contributed by atoms with van der Waals surface area (Å²) >= 11 is 3.37. The first-order chi connectivity index (χ1) is 11.4. The normalized spacial score (nSPS) is 11.9. The Morgan fingerprint density at radius 2 is 1.71 bits per heavy atom. The number of carbonyl (C=O) groups is 2. The molecule has 0 fully saturated rings. The summed E-state index contributed by atoms with van der Waals surface area (Å²) in [6, 6.07) is 14.0. The second-order valence-corrected chi connectivity index (χ2v) is 6.98. The number of hydrogen-bond donors (Lipinski definition) is 2. The molecule has 5 heteroatoms. The summed E-state index contributed by atoms with van der Waals surface area (Å²) in [6.45, 7) is 5.77. The number of rotatable bonds is 5. The Labute approximate surface area is 150 Å². The molecule has 2 N–H and O–H groups in total. The second kappa shape index (κ2) is 8.11. The zero-order chi connectivity index (χ0) is 17.7. The maximum absolute atomic E-state index is 12.5. The van der Waals surface area contributed by atoms with E-state index in [2.05, 4.69) is 26.6 Å². The molecule has 0 aliphatic heterocycles. The Kier molecular flexibility index (Phi) is 6.15. The van der Waals surface area contributed by atoms with Crippen molar-refractivity contribution in [1.82, 2.24) is 5.32 Å². The molecule has 0 radical (unpaired) electrons. The molecule has 1 atom stereocenters. The molecule has 0 heterocycles. The van der Waals surface area contributed by atoms with Crippen LogP contribution in [0.4, 0.5) is 5.69 Å². The monoisotopic (exact) mass is 388 g/mol. The highest BCUT2D eigenvalue weighted by Crippen LogP contribution is 2.17. The third-order valence-electron chi connectivity index (χ3n) is 3.64. The van der Waals surface area contributed by atoms with Crippen molar-refractivity contribution >= 4 is 33.4 Å². The summed E-state index contributed by atoms with van der Waals surface area (Å²) in [5, 5.41) is 5.67. The number of hydrogen-bond acceptors (Lipinski definition) is 2. The first-order valence-corrected chi connectivity index (χ1v) is 8.60. The molecule has 2 aromatic rings. The average Bonchev–Trinajstić information content (AvgIpc) is 2.52. The molecule has 0 spiro atoms. The SMILES string of the molecule is Cc1ccc(C(=O)NC(C(=O)Nc2cccc(Br)c2)C(C)C)cc1. The number of benzene rings is 2. The average molecular weight is 389 g/mol. The molecule has 0 saturated heterocycles. The third kappa shape index (κ3) is 4.93. The quantitative estimate of drug-likeness (QED) is 0.807. The Morgan fingerprint density at radius 3 is 2.29 bits per heavy atom. The lowest BCUT2D eigenvalue weighted by atomic mass is 10.0. The molecule has 1 unspecified atom stereocenters. The van der Waals surface area contributed by atoms with E-state index in [1.165, 1.54) is 0 Å². The highest BCUT2D eigenvalue weighted by atomic mass is 79.9. The van der Waals surface area contributed by atoms with E-state index < -0.39 is 6.04 Å². The van der Waals surface area contributed by atoms with Crippen molar-refractivity contribution in [3.8, 4) is 0 Å². The van der Waals surface area contributed by atoms with Gasteiger partial charge in [0.2, 0.25) is 5.91 Å². The molecule has 0 aliphatic rings. The van der Waals surface area contributed by atoms with Crippen molar-refractivity contribution in [2.75, 3.05) is 5.32 Å². The van der Waals surface area contributed by atoms with Crippen LogP contribution in [-0.2, 0) is 4.79 Å². The minimum absolute atomic E-state index is 0.0356. The zero-order valence-corrected chi connectivity index (χ0v) is 15.6. The fourth-order valence-corrected chi connectivity index (χ4v) is 2.65. The van der Waals surface area contributed by atoms with Gasteiger partial charge in [0, 0.05) is 15.7 Å². The van der Waals surface area contributed by atoms with Crippen molar-refractivity contribution in [2.45, 2.75) is 26.8 Å². The van der Waals surface area contributed by atoms with E-state index in [1.54, 1.807) is 12.1 Å². The van der Waals surface area contributed by atoms with Gasteiger partial charge in [-0.25, -0.2) is 0 Å². The molecular formula is C19H21BrN2O2. The predicted molar refractivity (Wildman–Crippen MR) is 100 cm³/mol. The van der Waals surface area contributed by atoms with Crippen molar-refractivity contribution in [3.63, 3.8) is 0 Å². The van der Waals surface area contributed by atoms with Crippen molar-refractivity contribution in [2.24, 2.45) is 5.92 Å². The lowest BCUT2D eigenvalue weighted by molar-refractivity contribution is -0.118. The van der Waals surface area contributed by atoms with Gasteiger partial charge >= 0.3 is 0 Å². The van der Waals surface area contributed by atoms with Gasteiger partial charge in [0.05, 0.1) is 0 Å². The van der Waals surface area contributed by atoms with Crippen LogP contribution < -0.4 is 10.6 Å². The standard InChI is InChI=1S/C19H21BrN2O2/c1-12(2)17(19(24)21-16-6-4-5-15(20)11-16)22-18(23)14-9-7-13(3)8-10-14/h4-12,17H,1-3H3,(H,21,24)(H,22,23). The van der Waals surface area contributed by atoms with Gasteiger partial charge in [-0.3, -0.25) is 9.59 Å². The van der Waals surface area contributed by atoms with E-state index in [4.69, 9.17) is 0 Å². The largest absolute Gasteiger partial charge is 0.340 e. The van der Waals surface area contributed by atoms with Gasteiger partial charge in [0.25, 0.3) is 5.91 Å². The second-order valence-electron chi connectivity index (χ2n) is 6.06. The van der Waals surface area contributed by atoms with Crippen LogP contribution in [0.1, 0.15) is 29.8 Å². The van der Waals surface area contributed by atoms with E-state index in [9.17, 15) is 9.59 Å². The van der Waals surface area contributed by atoms with Crippen LogP contribution in [-0.4, -0.2) is 17.9 Å². The van der Waals surface area contributed by atoms with Gasteiger partial charge in [-0.05, 0) is 43.2 Å². The van der Waals surface area contributed by atoms with Crippen molar-refractivity contribution in [1.29, 1.82) is 0 Å². The molecule has 126 valence electrons. The van der Waals surface area contributed by atoms with Crippen LogP contribution in [0.25, 0.3) is 0 Å². The smallest absolute Gasteiger partial charge is 0.251 e. The van der Waals surface area contributed by atoms with E-state index in [1.807, 2.05) is 57.2 Å². The molecule has 2 rings (SSSR count). The highest BCUT2D eigenvalue weighted by Gasteiger charge is 2.24. The van der Waals surface area contributed by atoms with Crippen LogP contribution in [0.5, 0.6) is 0 Å². The Bertz CT molecular complexity index is 726. The summed E-state index contributed by atoms with van der Waals surface area (Å²) in [5.41, 5.74) is 2.31. The third-order valence-corrected chi connectivity index (χ3v) is 4.13. The van der Waals surface area contributed by atoms with Crippen LogP contribution in [0.3, 0.4) is 0 Å². The zero-order valence-electron chi connectivity index (χ0n) is 14.0. The van der Waals surface area contributed by atoms with Gasteiger partial charge in [-0.15, -0.1) is 0 Å². The number of aryl methyl sites for hydroxylation is 1. The minimum Gasteiger partial charge on any atom is -0.340 e. The van der Waals surface area contributed by atoms with E-state index >= 15 is 0 Å². The topological polar surface area (TPSA) is 58.2 Å². The summed E-state index contributed by atoms with van der Waals surface area (Å²) in [4.78, 5) is 24.9. The number of carbonyl (C=O) groups excluding carboxylic acids is 2. The van der Waals surface area contributed by atoms with Crippen LogP contribution >= 0.6 is 15.9 Å². The predicted octanol–water partition coefficient (Wildman–Crippen LogP) is 4.15. The van der Waals surface area contributed by atoms with Crippen LogP contribution in [0.15, 0.2) is 53.0 Å². The van der Waals surface area contributed by atoms with Gasteiger partial charge in [-0.1, -0.05) is 53.5 Å². The summed E-state index contributed by atoms with van der Waals surface area (Å²) in [7, 11) is 0. The van der Waals surface area contributed by atoms with E-state index in [0.29, 0.717) is 11.3 Å².